The van der Waals surface area contributed by atoms with E-state index < -0.39 is 17.2 Å². The zero-order valence-corrected chi connectivity index (χ0v) is 21.4. The van der Waals surface area contributed by atoms with Crippen LogP contribution in [0.15, 0.2) is 57.5 Å². The number of ether oxygens (including phenoxy) is 1. The van der Waals surface area contributed by atoms with Crippen molar-refractivity contribution in [3.63, 3.8) is 0 Å². The highest BCUT2D eigenvalue weighted by atomic mass is 79.9. The fraction of sp³-hybridized carbons (Fsp3) is 0.435. The Labute approximate surface area is 191 Å². The predicted octanol–water partition coefficient (Wildman–Crippen LogP) is 6.85. The second kappa shape index (κ2) is 10.1. The summed E-state index contributed by atoms with van der Waals surface area (Å²) in [6, 6.07) is 15.9. The Kier molecular flexibility index (Phi) is 8.93. The third-order valence-electron chi connectivity index (χ3n) is 3.93. The molecule has 0 saturated heterocycles. The van der Waals surface area contributed by atoms with Gasteiger partial charge in [-0.05, 0) is 83.9 Å². The van der Waals surface area contributed by atoms with Crippen LogP contribution in [0, 0.1) is 0 Å². The third-order valence-corrected chi connectivity index (χ3v) is 4.91. The second-order valence-electron chi connectivity index (χ2n) is 8.99. The fourth-order valence-corrected chi connectivity index (χ4v) is 3.20. The van der Waals surface area contributed by atoms with Gasteiger partial charge in [0, 0.05) is 14.5 Å². The van der Waals surface area contributed by atoms with E-state index in [1.54, 1.807) is 0 Å². The van der Waals surface area contributed by atoms with Crippen LogP contribution >= 0.6 is 31.9 Å². The van der Waals surface area contributed by atoms with Crippen LogP contribution < -0.4 is 11.1 Å². The number of nitrogens with one attached hydrogen (secondary N) is 1. The minimum absolute atomic E-state index is 0.246. The van der Waals surface area contributed by atoms with Gasteiger partial charge < -0.3 is 15.8 Å². The molecule has 6 heteroatoms. The van der Waals surface area contributed by atoms with Crippen molar-refractivity contribution >= 4 is 38.0 Å². The first-order chi connectivity index (χ1) is 13.1. The number of benzene rings is 2. The van der Waals surface area contributed by atoms with Crippen LogP contribution in [-0.2, 0) is 15.8 Å². The maximum atomic E-state index is 11.8. The topological polar surface area (TPSA) is 64.3 Å². The average Bonchev–Trinajstić information content (AvgIpc) is 2.52. The normalized spacial score (nSPS) is 11.9. The summed E-state index contributed by atoms with van der Waals surface area (Å²) < 4.78 is 7.33. The van der Waals surface area contributed by atoms with E-state index in [2.05, 4.69) is 37.2 Å². The molecule has 0 spiro atoms. The SMILES string of the molecule is CC(C)(C)OC(=O)NC(C)(C)c1cccc(Br)c1.CC(C)(N)c1cccc(Br)c1. The first-order valence-corrected chi connectivity index (χ1v) is 11.0. The maximum absolute atomic E-state index is 11.8. The van der Waals surface area contributed by atoms with Gasteiger partial charge in [-0.25, -0.2) is 4.79 Å². The number of alkyl carbamates (subject to hydrolysis) is 1. The van der Waals surface area contributed by atoms with Crippen LogP contribution in [0.2, 0.25) is 0 Å². The lowest BCUT2D eigenvalue weighted by Crippen LogP contribution is -2.43. The average molecular weight is 528 g/mol. The predicted molar refractivity (Wildman–Crippen MR) is 128 cm³/mol. The van der Waals surface area contributed by atoms with Gasteiger partial charge in [-0.3, -0.25) is 0 Å². The van der Waals surface area contributed by atoms with E-state index in [0.29, 0.717) is 0 Å². The van der Waals surface area contributed by atoms with Gasteiger partial charge in [-0.15, -0.1) is 0 Å². The van der Waals surface area contributed by atoms with Crippen molar-refractivity contribution in [2.45, 2.75) is 65.1 Å². The van der Waals surface area contributed by atoms with E-state index in [9.17, 15) is 4.79 Å². The molecule has 2 aromatic carbocycles. The zero-order valence-electron chi connectivity index (χ0n) is 18.3. The van der Waals surface area contributed by atoms with Crippen molar-refractivity contribution in [2.24, 2.45) is 5.73 Å². The number of halogens is 2. The van der Waals surface area contributed by atoms with Crippen LogP contribution in [0.3, 0.4) is 0 Å². The third kappa shape index (κ3) is 9.79. The molecule has 160 valence electrons. The van der Waals surface area contributed by atoms with Gasteiger partial charge in [0.1, 0.15) is 5.60 Å². The lowest BCUT2D eigenvalue weighted by molar-refractivity contribution is 0.0470. The highest BCUT2D eigenvalue weighted by Gasteiger charge is 2.26. The van der Waals surface area contributed by atoms with Crippen molar-refractivity contribution in [3.05, 3.63) is 68.6 Å². The first-order valence-electron chi connectivity index (χ1n) is 9.42. The van der Waals surface area contributed by atoms with Gasteiger partial charge in [-0.1, -0.05) is 56.1 Å². The monoisotopic (exact) mass is 526 g/mol. The van der Waals surface area contributed by atoms with E-state index in [1.165, 1.54) is 0 Å². The summed E-state index contributed by atoms with van der Waals surface area (Å²) >= 11 is 6.82. The molecule has 0 bridgehead atoms. The quantitative estimate of drug-likeness (QED) is 0.458. The van der Waals surface area contributed by atoms with Gasteiger partial charge >= 0.3 is 6.09 Å². The van der Waals surface area contributed by atoms with Crippen molar-refractivity contribution in [1.29, 1.82) is 0 Å². The standard InChI is InChI=1S/C14H20BrNO2.C9H12BrN/c1-13(2,3)18-12(17)16-14(4,5)10-7-6-8-11(15)9-10;1-9(2,11)7-4-3-5-8(10)6-7/h6-9H,1-5H3,(H,16,17);3-6H,11H2,1-2H3. The molecule has 0 saturated carbocycles. The summed E-state index contributed by atoms with van der Waals surface area (Å²) in [5, 5.41) is 2.87. The molecule has 29 heavy (non-hydrogen) atoms. The van der Waals surface area contributed by atoms with Crippen molar-refractivity contribution < 1.29 is 9.53 Å². The minimum atomic E-state index is -0.489. The molecule has 4 nitrogen and oxygen atoms in total. The van der Waals surface area contributed by atoms with Gasteiger partial charge in [0.2, 0.25) is 0 Å². The van der Waals surface area contributed by atoms with Crippen LogP contribution in [0.1, 0.15) is 59.6 Å². The fourth-order valence-electron chi connectivity index (χ4n) is 2.40. The maximum Gasteiger partial charge on any atom is 0.408 e. The Morgan fingerprint density at radius 2 is 1.31 bits per heavy atom. The molecule has 2 rings (SSSR count). The van der Waals surface area contributed by atoms with Gasteiger partial charge in [0.05, 0.1) is 5.54 Å². The Morgan fingerprint density at radius 3 is 1.69 bits per heavy atom. The number of nitrogens with two attached hydrogens (primary N) is 1. The molecule has 0 aromatic heterocycles. The highest BCUT2D eigenvalue weighted by molar-refractivity contribution is 9.10. The summed E-state index contributed by atoms with van der Waals surface area (Å²) in [4.78, 5) is 11.8. The van der Waals surface area contributed by atoms with E-state index >= 15 is 0 Å². The molecule has 1 amide bonds. The molecule has 0 aliphatic rings. The Bertz CT molecular complexity index is 822. The van der Waals surface area contributed by atoms with Gasteiger partial charge in [0.25, 0.3) is 0 Å². The number of hydrogen-bond donors (Lipinski definition) is 2. The molecule has 0 aliphatic carbocycles. The highest BCUT2D eigenvalue weighted by Crippen LogP contribution is 2.24. The van der Waals surface area contributed by atoms with Crippen LogP contribution in [0.5, 0.6) is 0 Å². The van der Waals surface area contributed by atoms with Crippen molar-refractivity contribution in [3.8, 4) is 0 Å². The molecule has 0 atom stereocenters. The Balaban J connectivity index is 0.000000326. The van der Waals surface area contributed by atoms with Gasteiger partial charge in [-0.2, -0.15) is 0 Å². The number of rotatable bonds is 3. The van der Waals surface area contributed by atoms with Gasteiger partial charge in [0.15, 0.2) is 0 Å². The minimum Gasteiger partial charge on any atom is -0.444 e. The summed E-state index contributed by atoms with van der Waals surface area (Å²) in [6.07, 6.45) is -0.410. The number of hydrogen-bond acceptors (Lipinski definition) is 3. The first kappa shape index (κ1) is 25.7. The number of carbonyl (C=O) groups is 1. The largest absolute Gasteiger partial charge is 0.444 e. The van der Waals surface area contributed by atoms with Crippen LogP contribution in [0.25, 0.3) is 0 Å². The number of carbonyl (C=O) groups excluding carboxylic acids is 1. The van der Waals surface area contributed by atoms with E-state index in [1.807, 2.05) is 97.0 Å². The molecule has 0 fully saturated rings. The zero-order chi connectivity index (χ0) is 22.5. The molecule has 3 N–H and O–H groups in total. The van der Waals surface area contributed by atoms with Crippen molar-refractivity contribution in [2.75, 3.05) is 0 Å². The van der Waals surface area contributed by atoms with Crippen molar-refractivity contribution in [1.82, 2.24) is 5.32 Å². The Hall–Kier alpha value is -1.37. The summed E-state index contributed by atoms with van der Waals surface area (Å²) in [7, 11) is 0. The van der Waals surface area contributed by atoms with E-state index in [4.69, 9.17) is 10.5 Å². The second-order valence-corrected chi connectivity index (χ2v) is 10.8. The smallest absolute Gasteiger partial charge is 0.408 e. The number of amides is 1. The lowest BCUT2D eigenvalue weighted by atomic mass is 9.95. The molecular formula is C23H32Br2N2O2. The summed E-state index contributed by atoms with van der Waals surface area (Å²) in [5.74, 6) is 0. The summed E-state index contributed by atoms with van der Waals surface area (Å²) in [5.41, 5.74) is 6.85. The molecule has 0 aliphatic heterocycles. The lowest BCUT2D eigenvalue weighted by Gasteiger charge is -2.29. The van der Waals surface area contributed by atoms with Crippen LogP contribution in [-0.4, -0.2) is 11.7 Å². The van der Waals surface area contributed by atoms with E-state index in [0.717, 1.165) is 20.1 Å². The molecular weight excluding hydrogens is 496 g/mol. The van der Waals surface area contributed by atoms with E-state index in [-0.39, 0.29) is 5.54 Å². The molecule has 0 unspecified atom stereocenters. The molecule has 2 aromatic rings. The Morgan fingerprint density at radius 1 is 0.862 bits per heavy atom. The molecule has 0 radical (unpaired) electrons. The van der Waals surface area contributed by atoms with Crippen LogP contribution in [0.4, 0.5) is 4.79 Å². The summed E-state index contributed by atoms with van der Waals surface area (Å²) in [6.45, 7) is 13.4. The molecule has 0 heterocycles.